The molecule has 8 nitrogen and oxygen atoms in total. The number of fused-ring (bicyclic) bond motifs is 3. The lowest BCUT2D eigenvalue weighted by Crippen LogP contribution is -2.34. The summed E-state index contributed by atoms with van der Waals surface area (Å²) < 4.78 is 8.74. The number of hydrogen-bond donors (Lipinski definition) is 0. The molecule has 1 aliphatic rings. The van der Waals surface area contributed by atoms with E-state index in [2.05, 4.69) is 29.0 Å². The number of ether oxygens (including phenoxy) is 1. The van der Waals surface area contributed by atoms with Gasteiger partial charge < -0.3 is 4.74 Å². The molecule has 3 heterocycles. The second-order valence-electron chi connectivity index (χ2n) is 8.52. The molecule has 1 aromatic carbocycles. The van der Waals surface area contributed by atoms with Crippen LogP contribution in [0.3, 0.4) is 0 Å². The van der Waals surface area contributed by atoms with E-state index in [0.717, 1.165) is 29.7 Å². The van der Waals surface area contributed by atoms with Crippen LogP contribution in [-0.2, 0) is 11.3 Å². The molecule has 0 spiro atoms. The van der Waals surface area contributed by atoms with Crippen molar-refractivity contribution >= 4 is 16.8 Å². The summed E-state index contributed by atoms with van der Waals surface area (Å²) in [4.78, 5) is 18.0. The molecule has 0 aliphatic heterocycles. The Morgan fingerprint density at radius 2 is 1.90 bits per heavy atom. The highest BCUT2D eigenvalue weighted by atomic mass is 16.5. The van der Waals surface area contributed by atoms with Gasteiger partial charge in [-0.3, -0.25) is 9.36 Å². The van der Waals surface area contributed by atoms with Crippen LogP contribution in [0.15, 0.2) is 41.5 Å². The van der Waals surface area contributed by atoms with E-state index in [1.807, 2.05) is 30.3 Å². The van der Waals surface area contributed by atoms with Crippen molar-refractivity contribution in [3.8, 4) is 11.1 Å². The van der Waals surface area contributed by atoms with Gasteiger partial charge in [-0.05, 0) is 23.8 Å². The van der Waals surface area contributed by atoms with E-state index in [-0.39, 0.29) is 17.1 Å². The fourth-order valence-corrected chi connectivity index (χ4v) is 4.80. The maximum Gasteiger partial charge on any atom is 0.283 e. The lowest BCUT2D eigenvalue weighted by Gasteiger charge is -2.34. The highest BCUT2D eigenvalue weighted by Gasteiger charge is 2.30. The molecule has 1 saturated carbocycles. The molecule has 0 saturated heterocycles. The predicted octanol–water partition coefficient (Wildman–Crippen LogP) is 3.64. The minimum Gasteiger partial charge on any atom is -0.378 e. The van der Waals surface area contributed by atoms with Crippen LogP contribution in [0.4, 0.5) is 0 Å². The molecule has 0 radical (unpaired) electrons. The number of benzene rings is 1. The zero-order valence-electron chi connectivity index (χ0n) is 18.0. The van der Waals surface area contributed by atoms with Gasteiger partial charge in [0.05, 0.1) is 17.9 Å². The monoisotopic (exact) mass is 418 g/mol. The summed E-state index contributed by atoms with van der Waals surface area (Å²) in [7, 11) is 1.63. The van der Waals surface area contributed by atoms with Gasteiger partial charge in [0.15, 0.2) is 16.8 Å². The molecule has 3 unspecified atom stereocenters. The van der Waals surface area contributed by atoms with E-state index in [0.29, 0.717) is 29.7 Å². The van der Waals surface area contributed by atoms with Gasteiger partial charge in [0.1, 0.15) is 6.33 Å². The maximum absolute atomic E-state index is 13.4. The molecule has 0 bridgehead atoms. The molecule has 1 fully saturated rings. The Hall–Kier alpha value is -3.13. The largest absolute Gasteiger partial charge is 0.378 e. The van der Waals surface area contributed by atoms with Crippen LogP contribution in [-0.4, -0.2) is 36.5 Å². The minimum atomic E-state index is -0.157. The van der Waals surface area contributed by atoms with Gasteiger partial charge in [0, 0.05) is 13.2 Å². The summed E-state index contributed by atoms with van der Waals surface area (Å²) in [5.41, 5.74) is 3.62. The lowest BCUT2D eigenvalue weighted by atomic mass is 9.78. The lowest BCUT2D eigenvalue weighted by molar-refractivity contribution is 0.181. The van der Waals surface area contributed by atoms with Gasteiger partial charge in [-0.15, -0.1) is 10.2 Å². The van der Waals surface area contributed by atoms with Crippen molar-refractivity contribution in [1.82, 2.24) is 29.4 Å². The average molecular weight is 419 g/mol. The van der Waals surface area contributed by atoms with E-state index in [4.69, 9.17) is 9.84 Å². The van der Waals surface area contributed by atoms with E-state index in [1.54, 1.807) is 22.5 Å². The normalized spacial score (nSPS) is 21.7. The second-order valence-corrected chi connectivity index (χ2v) is 8.52. The Kier molecular flexibility index (Phi) is 5.02. The number of rotatable bonds is 4. The number of nitrogens with zero attached hydrogens (tertiary/aromatic N) is 6. The first-order valence-corrected chi connectivity index (χ1v) is 10.8. The summed E-state index contributed by atoms with van der Waals surface area (Å²) in [6, 6.07) is 10.0. The van der Waals surface area contributed by atoms with Crippen molar-refractivity contribution in [1.29, 1.82) is 0 Å². The highest BCUT2D eigenvalue weighted by molar-refractivity contribution is 5.83. The summed E-state index contributed by atoms with van der Waals surface area (Å²) >= 11 is 0. The topological polar surface area (TPSA) is 87.2 Å². The molecule has 3 atom stereocenters. The van der Waals surface area contributed by atoms with E-state index in [1.165, 1.54) is 6.42 Å². The summed E-state index contributed by atoms with van der Waals surface area (Å²) in [6.45, 7) is 4.80. The molecular formula is C23H26N6O2. The summed E-state index contributed by atoms with van der Waals surface area (Å²) in [5.74, 6) is 0.983. The van der Waals surface area contributed by atoms with Crippen LogP contribution in [0, 0.1) is 11.8 Å². The van der Waals surface area contributed by atoms with Crippen LogP contribution in [0.2, 0.25) is 0 Å². The van der Waals surface area contributed by atoms with Gasteiger partial charge in [-0.1, -0.05) is 57.0 Å². The van der Waals surface area contributed by atoms with Crippen molar-refractivity contribution in [2.45, 2.75) is 45.8 Å². The SMILES string of the molecule is COCc1nn2c(nnc3c(=O)n(C4CCCC(C)C4C)cnc32)c1-c1ccccc1. The molecule has 5 rings (SSSR count). The van der Waals surface area contributed by atoms with Gasteiger partial charge in [0.25, 0.3) is 5.56 Å². The van der Waals surface area contributed by atoms with Gasteiger partial charge in [0.2, 0.25) is 0 Å². The average Bonchev–Trinajstić information content (AvgIpc) is 3.15. The first-order valence-electron chi connectivity index (χ1n) is 10.8. The van der Waals surface area contributed by atoms with Crippen LogP contribution in [0.5, 0.6) is 0 Å². The molecule has 31 heavy (non-hydrogen) atoms. The Morgan fingerprint density at radius 1 is 1.10 bits per heavy atom. The molecule has 4 aromatic rings. The number of hydrogen-bond acceptors (Lipinski definition) is 6. The van der Waals surface area contributed by atoms with Crippen molar-refractivity contribution in [2.24, 2.45) is 11.8 Å². The Morgan fingerprint density at radius 3 is 2.68 bits per heavy atom. The molecular weight excluding hydrogens is 392 g/mol. The van der Waals surface area contributed by atoms with Crippen molar-refractivity contribution < 1.29 is 4.74 Å². The fourth-order valence-electron chi connectivity index (χ4n) is 4.80. The third-order valence-corrected chi connectivity index (χ3v) is 6.70. The summed E-state index contributed by atoms with van der Waals surface area (Å²) in [5, 5.41) is 13.4. The fraction of sp³-hybridized carbons (Fsp3) is 0.435. The molecule has 3 aromatic heterocycles. The maximum atomic E-state index is 13.4. The molecule has 1 aliphatic carbocycles. The molecule has 0 amide bonds. The number of methoxy groups -OCH3 is 1. The predicted molar refractivity (Wildman–Crippen MR) is 118 cm³/mol. The Labute approximate surface area is 179 Å². The van der Waals surface area contributed by atoms with Crippen LogP contribution in [0.25, 0.3) is 27.9 Å². The molecule has 160 valence electrons. The highest BCUT2D eigenvalue weighted by Crippen LogP contribution is 2.37. The standard InChI is InChI=1S/C23H26N6O2/c1-14-8-7-11-18(15(14)2)28-13-24-22-20(23(28)30)25-26-21-19(16-9-5-4-6-10-16)17(12-31-3)27-29(21)22/h4-6,9-10,13-15,18H,7-8,11-12H2,1-3H3. The summed E-state index contributed by atoms with van der Waals surface area (Å²) in [6.07, 6.45) is 4.95. The van der Waals surface area contributed by atoms with E-state index < -0.39 is 0 Å². The Bertz CT molecular complexity index is 1300. The second kappa shape index (κ2) is 7.85. The van der Waals surface area contributed by atoms with Crippen LogP contribution >= 0.6 is 0 Å². The quantitative estimate of drug-likeness (QED) is 0.503. The van der Waals surface area contributed by atoms with Crippen LogP contribution < -0.4 is 5.56 Å². The van der Waals surface area contributed by atoms with Gasteiger partial charge in [-0.2, -0.15) is 9.61 Å². The van der Waals surface area contributed by atoms with Gasteiger partial charge in [-0.25, -0.2) is 4.98 Å². The van der Waals surface area contributed by atoms with Crippen molar-refractivity contribution in [3.05, 3.63) is 52.7 Å². The first kappa shape index (κ1) is 19.8. The van der Waals surface area contributed by atoms with Crippen molar-refractivity contribution in [2.75, 3.05) is 7.11 Å². The van der Waals surface area contributed by atoms with E-state index in [9.17, 15) is 4.79 Å². The van der Waals surface area contributed by atoms with Crippen LogP contribution in [0.1, 0.15) is 44.8 Å². The van der Waals surface area contributed by atoms with E-state index >= 15 is 0 Å². The zero-order valence-corrected chi connectivity index (χ0v) is 18.0. The van der Waals surface area contributed by atoms with Gasteiger partial charge >= 0.3 is 0 Å². The minimum absolute atomic E-state index is 0.132. The molecule has 8 heteroatoms. The van der Waals surface area contributed by atoms with Crippen molar-refractivity contribution in [3.63, 3.8) is 0 Å². The smallest absolute Gasteiger partial charge is 0.283 e. The first-order chi connectivity index (χ1) is 15.1. The number of aromatic nitrogens is 6. The third-order valence-electron chi connectivity index (χ3n) is 6.70. The molecule has 0 N–H and O–H groups in total. The third kappa shape index (κ3) is 3.22. The Balaban J connectivity index is 1.71. The zero-order chi connectivity index (χ0) is 21.5.